The Morgan fingerprint density at radius 3 is 2.75 bits per heavy atom. The van der Waals surface area contributed by atoms with Crippen LogP contribution in [0.4, 0.5) is 14.5 Å². The summed E-state index contributed by atoms with van der Waals surface area (Å²) >= 11 is 0. The van der Waals surface area contributed by atoms with Crippen LogP contribution >= 0.6 is 0 Å². The number of nitro groups is 1. The third-order valence-corrected chi connectivity index (χ3v) is 2.84. The Hall–Kier alpha value is -2.35. The molecule has 0 spiro atoms. The maximum absolute atomic E-state index is 14.0. The molecule has 1 atom stereocenters. The molecule has 1 unspecified atom stereocenters. The van der Waals surface area contributed by atoms with E-state index >= 15 is 0 Å². The van der Waals surface area contributed by atoms with E-state index in [-0.39, 0.29) is 17.7 Å². The van der Waals surface area contributed by atoms with Gasteiger partial charge in [-0.1, -0.05) is 0 Å². The van der Waals surface area contributed by atoms with Gasteiger partial charge in [0.05, 0.1) is 22.7 Å². The van der Waals surface area contributed by atoms with Crippen LogP contribution in [0.25, 0.3) is 11.3 Å². The normalized spacial score (nSPS) is 12.4. The zero-order chi connectivity index (χ0) is 14.9. The lowest BCUT2D eigenvalue weighted by Crippen LogP contribution is -2.12. The van der Waals surface area contributed by atoms with Gasteiger partial charge < -0.3 is 9.73 Å². The van der Waals surface area contributed by atoms with Crippen molar-refractivity contribution >= 4 is 5.69 Å². The van der Waals surface area contributed by atoms with Crippen molar-refractivity contribution in [2.75, 3.05) is 7.05 Å². The fourth-order valence-electron chi connectivity index (χ4n) is 1.64. The molecule has 0 aliphatic heterocycles. The maximum Gasteiger partial charge on any atom is 0.305 e. The van der Waals surface area contributed by atoms with Crippen molar-refractivity contribution in [1.29, 1.82) is 0 Å². The van der Waals surface area contributed by atoms with Crippen molar-refractivity contribution in [2.45, 2.75) is 13.0 Å². The van der Waals surface area contributed by atoms with Crippen molar-refractivity contribution in [1.82, 2.24) is 10.3 Å². The molecular weight excluding hydrogens is 272 g/mol. The van der Waals surface area contributed by atoms with Crippen LogP contribution in [0.3, 0.4) is 0 Å². The number of aromatic nitrogens is 1. The SMILES string of the molecule is CNC(C)c1ncc(-c2c(F)ccc([N+](=O)[O-])c2F)o1. The van der Waals surface area contributed by atoms with Crippen molar-refractivity contribution in [3.8, 4) is 11.3 Å². The lowest BCUT2D eigenvalue weighted by atomic mass is 10.1. The van der Waals surface area contributed by atoms with E-state index in [4.69, 9.17) is 4.42 Å². The first kappa shape index (κ1) is 14.1. The minimum Gasteiger partial charge on any atom is -0.439 e. The monoisotopic (exact) mass is 283 g/mol. The molecule has 0 radical (unpaired) electrons. The van der Waals surface area contributed by atoms with E-state index in [2.05, 4.69) is 10.3 Å². The van der Waals surface area contributed by atoms with E-state index in [1.165, 1.54) is 0 Å². The third-order valence-electron chi connectivity index (χ3n) is 2.84. The molecule has 0 fully saturated rings. The average molecular weight is 283 g/mol. The number of nitrogens with one attached hydrogen (secondary N) is 1. The fraction of sp³-hybridized carbons (Fsp3) is 0.250. The summed E-state index contributed by atoms with van der Waals surface area (Å²) in [6.45, 7) is 1.75. The zero-order valence-electron chi connectivity index (χ0n) is 10.7. The molecule has 0 bridgehead atoms. The standard InChI is InChI=1S/C12H11F2N3O3/c1-6(15-2)12-16-5-9(20-12)10-7(13)3-4-8(11(10)14)17(18)19/h3-6,15H,1-2H3. The topological polar surface area (TPSA) is 81.2 Å². The van der Waals surface area contributed by atoms with E-state index < -0.39 is 27.8 Å². The van der Waals surface area contributed by atoms with Gasteiger partial charge in [-0.25, -0.2) is 9.37 Å². The lowest BCUT2D eigenvalue weighted by Gasteiger charge is -2.04. The Bertz CT molecular complexity index is 657. The third kappa shape index (κ3) is 2.37. The molecule has 6 nitrogen and oxygen atoms in total. The minimum absolute atomic E-state index is 0.194. The molecule has 1 aromatic carbocycles. The summed E-state index contributed by atoms with van der Waals surface area (Å²) in [7, 11) is 1.67. The Labute approximate surface area is 112 Å². The molecule has 2 rings (SSSR count). The van der Waals surface area contributed by atoms with E-state index in [0.29, 0.717) is 0 Å². The molecule has 20 heavy (non-hydrogen) atoms. The molecule has 8 heteroatoms. The number of hydrogen-bond donors (Lipinski definition) is 1. The first-order chi connectivity index (χ1) is 9.45. The van der Waals surface area contributed by atoms with E-state index in [0.717, 1.165) is 18.3 Å². The molecule has 0 saturated carbocycles. The van der Waals surface area contributed by atoms with Gasteiger partial charge in [-0.05, 0) is 20.0 Å². The highest BCUT2D eigenvalue weighted by Crippen LogP contribution is 2.32. The number of hydrogen-bond acceptors (Lipinski definition) is 5. The van der Waals surface area contributed by atoms with Crippen molar-refractivity contribution in [3.63, 3.8) is 0 Å². The molecule has 0 saturated heterocycles. The van der Waals surface area contributed by atoms with Gasteiger partial charge in [-0.3, -0.25) is 10.1 Å². The first-order valence-corrected chi connectivity index (χ1v) is 5.71. The van der Waals surface area contributed by atoms with Crippen molar-refractivity contribution < 1.29 is 18.1 Å². The molecular formula is C12H11F2N3O3. The van der Waals surface area contributed by atoms with Crippen LogP contribution in [0.1, 0.15) is 18.9 Å². The van der Waals surface area contributed by atoms with E-state index in [9.17, 15) is 18.9 Å². The van der Waals surface area contributed by atoms with E-state index in [1.807, 2.05) is 0 Å². The summed E-state index contributed by atoms with van der Waals surface area (Å²) in [5.41, 5.74) is -1.41. The molecule has 1 aromatic heterocycles. The van der Waals surface area contributed by atoms with Gasteiger partial charge in [0.15, 0.2) is 5.76 Å². The molecule has 106 valence electrons. The Morgan fingerprint density at radius 2 is 2.15 bits per heavy atom. The van der Waals surface area contributed by atoms with Crippen LogP contribution in [0.15, 0.2) is 22.7 Å². The summed E-state index contributed by atoms with van der Waals surface area (Å²) in [6, 6.07) is 1.33. The predicted molar refractivity (Wildman–Crippen MR) is 66.0 cm³/mol. The molecule has 1 N–H and O–H groups in total. The van der Waals surface area contributed by atoms with Crippen molar-refractivity contribution in [3.05, 3.63) is 46.0 Å². The highest BCUT2D eigenvalue weighted by molar-refractivity contribution is 5.62. The molecule has 0 aliphatic rings. The summed E-state index contributed by atoms with van der Waals surface area (Å²) in [4.78, 5) is 13.6. The van der Waals surface area contributed by atoms with Crippen LogP contribution in [0, 0.1) is 21.7 Å². The Balaban J connectivity index is 2.55. The van der Waals surface area contributed by atoms with Crippen LogP contribution in [-0.2, 0) is 0 Å². The largest absolute Gasteiger partial charge is 0.439 e. The van der Waals surface area contributed by atoms with Gasteiger partial charge in [-0.2, -0.15) is 4.39 Å². The second-order valence-electron chi connectivity index (χ2n) is 4.09. The van der Waals surface area contributed by atoms with Crippen LogP contribution in [0.2, 0.25) is 0 Å². The van der Waals surface area contributed by atoms with Gasteiger partial charge in [-0.15, -0.1) is 0 Å². The summed E-state index contributed by atoms with van der Waals surface area (Å²) in [5, 5.41) is 13.5. The second-order valence-corrected chi connectivity index (χ2v) is 4.09. The summed E-state index contributed by atoms with van der Waals surface area (Å²) < 4.78 is 32.9. The highest BCUT2D eigenvalue weighted by Gasteiger charge is 2.25. The first-order valence-electron chi connectivity index (χ1n) is 5.71. The smallest absolute Gasteiger partial charge is 0.305 e. The van der Waals surface area contributed by atoms with Gasteiger partial charge in [0.2, 0.25) is 11.7 Å². The summed E-state index contributed by atoms with van der Waals surface area (Å²) in [5.74, 6) is -2.20. The Morgan fingerprint density at radius 1 is 1.45 bits per heavy atom. The van der Waals surface area contributed by atoms with Crippen LogP contribution < -0.4 is 5.32 Å². The van der Waals surface area contributed by atoms with Crippen molar-refractivity contribution in [2.24, 2.45) is 0 Å². The predicted octanol–water partition coefficient (Wildman–Crippen LogP) is 2.81. The number of rotatable bonds is 4. The number of oxazole rings is 1. The lowest BCUT2D eigenvalue weighted by molar-refractivity contribution is -0.387. The zero-order valence-corrected chi connectivity index (χ0v) is 10.7. The maximum atomic E-state index is 14.0. The van der Waals surface area contributed by atoms with Gasteiger partial charge >= 0.3 is 5.69 Å². The van der Waals surface area contributed by atoms with Gasteiger partial charge in [0.25, 0.3) is 0 Å². The molecule has 2 aromatic rings. The quantitative estimate of drug-likeness (QED) is 0.689. The number of nitrogens with zero attached hydrogens (tertiary/aromatic N) is 2. The van der Waals surface area contributed by atoms with Gasteiger partial charge in [0, 0.05) is 6.07 Å². The molecule has 0 amide bonds. The van der Waals surface area contributed by atoms with Gasteiger partial charge in [0.1, 0.15) is 5.82 Å². The number of benzene rings is 1. The second kappa shape index (κ2) is 5.33. The summed E-state index contributed by atoms with van der Waals surface area (Å²) in [6.07, 6.45) is 1.13. The molecule has 0 aliphatic carbocycles. The fourth-order valence-corrected chi connectivity index (χ4v) is 1.64. The average Bonchev–Trinajstić information content (AvgIpc) is 2.87. The Kier molecular flexibility index (Phi) is 3.75. The number of halogens is 2. The highest BCUT2D eigenvalue weighted by atomic mass is 19.1. The molecule has 1 heterocycles. The van der Waals surface area contributed by atoms with Crippen LogP contribution in [-0.4, -0.2) is 17.0 Å². The van der Waals surface area contributed by atoms with E-state index in [1.54, 1.807) is 14.0 Å². The van der Waals surface area contributed by atoms with Crippen LogP contribution in [0.5, 0.6) is 0 Å². The number of nitro benzene ring substituents is 1. The minimum atomic E-state index is -1.28.